The molecule has 4 heteroatoms. The monoisotopic (exact) mass is 282 g/mol. The van der Waals surface area contributed by atoms with E-state index in [4.69, 9.17) is 5.73 Å². The van der Waals surface area contributed by atoms with Gasteiger partial charge in [-0.2, -0.15) is 11.3 Å². The SMILES string of the molecule is Cc1cccc(C(N)c2cscc2Br)n1. The van der Waals surface area contributed by atoms with Gasteiger partial charge in [0.2, 0.25) is 0 Å². The van der Waals surface area contributed by atoms with Crippen LogP contribution in [0.1, 0.15) is 23.0 Å². The number of nitrogens with two attached hydrogens (primary N) is 1. The largest absolute Gasteiger partial charge is 0.319 e. The van der Waals surface area contributed by atoms with Crippen molar-refractivity contribution in [3.63, 3.8) is 0 Å². The Kier molecular flexibility index (Phi) is 3.19. The third-order valence-corrected chi connectivity index (χ3v) is 3.96. The molecule has 2 rings (SSSR count). The Balaban J connectivity index is 2.36. The minimum atomic E-state index is -0.148. The molecule has 15 heavy (non-hydrogen) atoms. The van der Waals surface area contributed by atoms with E-state index in [-0.39, 0.29) is 6.04 Å². The molecule has 1 unspecified atom stereocenters. The molecule has 0 bridgehead atoms. The molecule has 0 aliphatic carbocycles. The number of halogens is 1. The zero-order valence-corrected chi connectivity index (χ0v) is 10.7. The number of thiophene rings is 1. The van der Waals surface area contributed by atoms with Gasteiger partial charge in [0.1, 0.15) is 0 Å². The summed E-state index contributed by atoms with van der Waals surface area (Å²) in [5.41, 5.74) is 9.15. The summed E-state index contributed by atoms with van der Waals surface area (Å²) >= 11 is 5.12. The smallest absolute Gasteiger partial charge is 0.0745 e. The fourth-order valence-electron chi connectivity index (χ4n) is 1.41. The lowest BCUT2D eigenvalue weighted by molar-refractivity contribution is 0.822. The minimum Gasteiger partial charge on any atom is -0.319 e. The van der Waals surface area contributed by atoms with E-state index in [1.165, 1.54) is 0 Å². The van der Waals surface area contributed by atoms with Gasteiger partial charge in [-0.3, -0.25) is 4.98 Å². The van der Waals surface area contributed by atoms with E-state index in [0.717, 1.165) is 21.4 Å². The lowest BCUT2D eigenvalue weighted by Crippen LogP contribution is -2.13. The Labute approximate surface area is 101 Å². The second-order valence-corrected chi connectivity index (χ2v) is 4.95. The van der Waals surface area contributed by atoms with Crippen LogP contribution in [0.5, 0.6) is 0 Å². The molecular formula is C11H11BrN2S. The number of hydrogen-bond acceptors (Lipinski definition) is 3. The summed E-state index contributed by atoms with van der Waals surface area (Å²) in [5.74, 6) is 0. The van der Waals surface area contributed by atoms with Crippen LogP contribution in [0.4, 0.5) is 0 Å². The number of nitrogens with zero attached hydrogens (tertiary/aromatic N) is 1. The summed E-state index contributed by atoms with van der Waals surface area (Å²) in [7, 11) is 0. The molecule has 0 fully saturated rings. The van der Waals surface area contributed by atoms with Crippen LogP contribution in [-0.2, 0) is 0 Å². The summed E-state index contributed by atoms with van der Waals surface area (Å²) in [6.07, 6.45) is 0. The van der Waals surface area contributed by atoms with Crippen LogP contribution < -0.4 is 5.73 Å². The van der Waals surface area contributed by atoms with Gasteiger partial charge in [-0.15, -0.1) is 0 Å². The minimum absolute atomic E-state index is 0.148. The lowest BCUT2D eigenvalue weighted by Gasteiger charge is -2.10. The van der Waals surface area contributed by atoms with Crippen LogP contribution in [0.25, 0.3) is 0 Å². The van der Waals surface area contributed by atoms with Crippen LogP contribution in [0.15, 0.2) is 33.4 Å². The molecule has 0 aliphatic rings. The molecule has 2 aromatic rings. The molecule has 2 N–H and O–H groups in total. The van der Waals surface area contributed by atoms with E-state index in [0.29, 0.717) is 0 Å². The van der Waals surface area contributed by atoms with Crippen LogP contribution in [0.3, 0.4) is 0 Å². The molecule has 0 aromatic carbocycles. The number of pyridine rings is 1. The van der Waals surface area contributed by atoms with Crippen molar-refractivity contribution in [3.8, 4) is 0 Å². The molecule has 2 heterocycles. The highest BCUT2D eigenvalue weighted by Gasteiger charge is 2.13. The van der Waals surface area contributed by atoms with E-state index < -0.39 is 0 Å². The Morgan fingerprint density at radius 1 is 1.40 bits per heavy atom. The van der Waals surface area contributed by atoms with E-state index in [9.17, 15) is 0 Å². The van der Waals surface area contributed by atoms with Gasteiger partial charge >= 0.3 is 0 Å². The van der Waals surface area contributed by atoms with Crippen LogP contribution in [-0.4, -0.2) is 4.98 Å². The molecule has 0 saturated carbocycles. The van der Waals surface area contributed by atoms with Crippen molar-refractivity contribution in [2.45, 2.75) is 13.0 Å². The molecule has 2 aromatic heterocycles. The predicted molar refractivity (Wildman–Crippen MR) is 67.0 cm³/mol. The molecule has 0 aliphatic heterocycles. The second-order valence-electron chi connectivity index (χ2n) is 3.36. The standard InChI is InChI=1S/C11H11BrN2S/c1-7-3-2-4-10(14-7)11(13)8-5-15-6-9(8)12/h2-6,11H,13H2,1H3. The van der Waals surface area contributed by atoms with E-state index in [1.807, 2.05) is 30.5 Å². The fraction of sp³-hybridized carbons (Fsp3) is 0.182. The van der Waals surface area contributed by atoms with Gasteiger partial charge in [-0.05, 0) is 45.9 Å². The van der Waals surface area contributed by atoms with Gasteiger partial charge in [-0.1, -0.05) is 6.07 Å². The van der Waals surface area contributed by atoms with Crippen molar-refractivity contribution in [2.24, 2.45) is 5.73 Å². The van der Waals surface area contributed by atoms with Gasteiger partial charge in [-0.25, -0.2) is 0 Å². The first-order valence-electron chi connectivity index (χ1n) is 4.59. The first-order valence-corrected chi connectivity index (χ1v) is 6.33. The number of hydrogen-bond donors (Lipinski definition) is 1. The van der Waals surface area contributed by atoms with Gasteiger partial charge < -0.3 is 5.73 Å². The first-order chi connectivity index (χ1) is 7.18. The van der Waals surface area contributed by atoms with Crippen molar-refractivity contribution < 1.29 is 0 Å². The molecule has 0 saturated heterocycles. The highest BCUT2D eigenvalue weighted by atomic mass is 79.9. The third-order valence-electron chi connectivity index (χ3n) is 2.21. The Morgan fingerprint density at radius 2 is 2.20 bits per heavy atom. The fourth-order valence-corrected chi connectivity index (χ4v) is 2.99. The summed E-state index contributed by atoms with van der Waals surface area (Å²) in [6.45, 7) is 1.97. The molecule has 1 atom stereocenters. The van der Waals surface area contributed by atoms with Gasteiger partial charge in [0, 0.05) is 15.5 Å². The zero-order valence-electron chi connectivity index (χ0n) is 8.27. The highest BCUT2D eigenvalue weighted by molar-refractivity contribution is 9.10. The quantitative estimate of drug-likeness (QED) is 0.918. The summed E-state index contributed by atoms with van der Waals surface area (Å²) < 4.78 is 1.06. The van der Waals surface area contributed by atoms with Crippen molar-refractivity contribution in [1.29, 1.82) is 0 Å². The summed E-state index contributed by atoms with van der Waals surface area (Å²) in [6, 6.07) is 5.77. The maximum atomic E-state index is 6.14. The van der Waals surface area contributed by atoms with Crippen molar-refractivity contribution in [2.75, 3.05) is 0 Å². The van der Waals surface area contributed by atoms with Gasteiger partial charge in [0.15, 0.2) is 0 Å². The van der Waals surface area contributed by atoms with Crippen molar-refractivity contribution in [3.05, 3.63) is 50.4 Å². The average Bonchev–Trinajstić information content (AvgIpc) is 2.63. The Morgan fingerprint density at radius 3 is 2.80 bits per heavy atom. The van der Waals surface area contributed by atoms with Crippen molar-refractivity contribution >= 4 is 27.3 Å². The second kappa shape index (κ2) is 4.43. The Bertz CT molecular complexity index is 467. The molecule has 78 valence electrons. The predicted octanol–water partition coefficient (Wildman–Crippen LogP) is 3.26. The molecule has 0 spiro atoms. The number of rotatable bonds is 2. The highest BCUT2D eigenvalue weighted by Crippen LogP contribution is 2.29. The lowest BCUT2D eigenvalue weighted by atomic mass is 10.1. The summed E-state index contributed by atoms with van der Waals surface area (Å²) in [5, 5.41) is 4.09. The summed E-state index contributed by atoms with van der Waals surface area (Å²) in [4.78, 5) is 4.43. The van der Waals surface area contributed by atoms with Gasteiger partial charge in [0.25, 0.3) is 0 Å². The Hall–Kier alpha value is -0.710. The number of aryl methyl sites for hydroxylation is 1. The molecule has 2 nitrogen and oxygen atoms in total. The maximum absolute atomic E-state index is 6.14. The normalized spacial score (nSPS) is 12.7. The van der Waals surface area contributed by atoms with E-state index in [1.54, 1.807) is 11.3 Å². The maximum Gasteiger partial charge on any atom is 0.0745 e. The van der Waals surface area contributed by atoms with Crippen LogP contribution in [0.2, 0.25) is 0 Å². The molecule has 0 radical (unpaired) electrons. The third kappa shape index (κ3) is 2.27. The zero-order chi connectivity index (χ0) is 10.8. The van der Waals surface area contributed by atoms with E-state index >= 15 is 0 Å². The van der Waals surface area contributed by atoms with Gasteiger partial charge in [0.05, 0.1) is 11.7 Å². The van der Waals surface area contributed by atoms with Crippen molar-refractivity contribution in [1.82, 2.24) is 4.98 Å². The van der Waals surface area contributed by atoms with Crippen LogP contribution in [0, 0.1) is 6.92 Å². The molecule has 0 amide bonds. The van der Waals surface area contributed by atoms with E-state index in [2.05, 4.69) is 26.3 Å². The topological polar surface area (TPSA) is 38.9 Å². The average molecular weight is 283 g/mol. The van der Waals surface area contributed by atoms with Crippen LogP contribution >= 0.6 is 27.3 Å². The number of aromatic nitrogens is 1. The molecular weight excluding hydrogens is 272 g/mol. The first kappa shape index (κ1) is 10.8.